The number of rotatable bonds is 20. The molecule has 316 valence electrons. The number of sulfone groups is 1. The number of nitrogens with one attached hydrogen (secondary N) is 2. The maximum Gasteiger partial charge on any atom is 0.238 e. The fraction of sp³-hybridized carbons (Fsp3) is 0.286. The zero-order valence-corrected chi connectivity index (χ0v) is 34.9. The second-order valence-corrected chi connectivity index (χ2v) is 14.7. The summed E-state index contributed by atoms with van der Waals surface area (Å²) in [6.45, 7) is -0.671. The van der Waals surface area contributed by atoms with E-state index in [1.165, 1.54) is 93.3 Å². The summed E-state index contributed by atoms with van der Waals surface area (Å²) in [6.07, 6.45) is 6.10. The van der Waals surface area contributed by atoms with Crippen molar-refractivity contribution < 1.29 is 55.9 Å². The summed E-state index contributed by atoms with van der Waals surface area (Å²) in [7, 11) is 7.16. The molecule has 4 rings (SSSR count). The molecule has 59 heavy (non-hydrogen) atoms. The lowest BCUT2D eigenvalue weighted by atomic mass is 10.1. The van der Waals surface area contributed by atoms with Crippen molar-refractivity contribution in [3.8, 4) is 46.0 Å². The first-order valence-corrected chi connectivity index (χ1v) is 19.5. The third-order valence-electron chi connectivity index (χ3n) is 9.11. The summed E-state index contributed by atoms with van der Waals surface area (Å²) < 4.78 is 75.8. The van der Waals surface area contributed by atoms with E-state index in [4.69, 9.17) is 49.4 Å². The van der Waals surface area contributed by atoms with Crippen LogP contribution in [0.1, 0.15) is 32.8 Å². The van der Waals surface area contributed by atoms with Crippen molar-refractivity contribution in [3.05, 3.63) is 95.1 Å². The minimum atomic E-state index is -4.50. The Morgan fingerprint density at radius 1 is 0.525 bits per heavy atom. The van der Waals surface area contributed by atoms with E-state index in [2.05, 4.69) is 10.6 Å². The number of anilines is 2. The van der Waals surface area contributed by atoms with Crippen LogP contribution >= 0.6 is 0 Å². The Morgan fingerprint density at radius 3 is 1.12 bits per heavy atom. The van der Waals surface area contributed by atoms with Crippen LogP contribution in [0, 0.1) is 0 Å². The Labute approximate surface area is 343 Å². The van der Waals surface area contributed by atoms with Crippen LogP contribution in [-0.4, -0.2) is 90.2 Å². The maximum atomic E-state index is 15.6. The van der Waals surface area contributed by atoms with Crippen molar-refractivity contribution in [2.75, 3.05) is 80.6 Å². The van der Waals surface area contributed by atoms with Gasteiger partial charge in [-0.15, -0.1) is 0 Å². The molecular weight excluding hydrogens is 785 g/mol. The molecule has 0 radical (unpaired) electrons. The summed E-state index contributed by atoms with van der Waals surface area (Å²) in [6, 6.07) is 15.8. The van der Waals surface area contributed by atoms with Gasteiger partial charge in [0.15, 0.2) is 9.84 Å². The van der Waals surface area contributed by atoms with E-state index in [1.807, 2.05) is 0 Å². The van der Waals surface area contributed by atoms with Gasteiger partial charge in [-0.25, -0.2) is 8.42 Å². The van der Waals surface area contributed by atoms with Crippen LogP contribution in [0.15, 0.2) is 72.8 Å². The molecule has 17 heteroatoms. The lowest BCUT2D eigenvalue weighted by Gasteiger charge is -2.24. The van der Waals surface area contributed by atoms with Crippen molar-refractivity contribution in [1.29, 1.82) is 0 Å². The molecule has 0 fully saturated rings. The quantitative estimate of drug-likeness (QED) is 0.0903. The van der Waals surface area contributed by atoms with Gasteiger partial charge in [-0.3, -0.25) is 9.59 Å². The summed E-state index contributed by atoms with van der Waals surface area (Å²) >= 11 is 0. The highest BCUT2D eigenvalue weighted by Crippen LogP contribution is 2.44. The maximum absolute atomic E-state index is 15.6. The minimum Gasteiger partial charge on any atom is -0.496 e. The second kappa shape index (κ2) is 20.8. The van der Waals surface area contributed by atoms with E-state index in [1.54, 1.807) is 48.6 Å². The lowest BCUT2D eigenvalue weighted by molar-refractivity contribution is -0.115. The van der Waals surface area contributed by atoms with Gasteiger partial charge < -0.3 is 60.0 Å². The molecule has 2 amide bonds. The van der Waals surface area contributed by atoms with Crippen molar-refractivity contribution in [2.45, 2.75) is 10.5 Å². The summed E-state index contributed by atoms with van der Waals surface area (Å²) in [4.78, 5) is 25.0. The molecule has 16 nitrogen and oxygen atoms in total. The van der Waals surface area contributed by atoms with Gasteiger partial charge in [-0.2, -0.15) is 0 Å². The fourth-order valence-electron chi connectivity index (χ4n) is 6.14. The SMILES string of the molecule is COc1cc(OC)c(C=CC(c2ccc(OC)c(NC(=O)CN)c2)S(=O)(=O)C(C=Cc2c(OC)cc(OC)cc2OC)c2ccc(OC)c(NC(=O)CN)c2)c(OC)c1. The molecule has 0 heterocycles. The number of carbonyl (C=O) groups is 2. The predicted molar refractivity (Wildman–Crippen MR) is 226 cm³/mol. The van der Waals surface area contributed by atoms with Crippen molar-refractivity contribution in [2.24, 2.45) is 11.5 Å². The van der Waals surface area contributed by atoms with Gasteiger partial charge >= 0.3 is 0 Å². The first kappa shape index (κ1) is 45.3. The highest BCUT2D eigenvalue weighted by atomic mass is 32.2. The van der Waals surface area contributed by atoms with E-state index in [0.717, 1.165) is 0 Å². The fourth-order valence-corrected chi connectivity index (χ4v) is 8.11. The van der Waals surface area contributed by atoms with Crippen LogP contribution < -0.4 is 60.0 Å². The molecule has 4 aromatic rings. The Kier molecular flexibility index (Phi) is 16.0. The summed E-state index contributed by atoms with van der Waals surface area (Å²) in [5.41, 5.74) is 12.9. The van der Waals surface area contributed by atoms with Crippen LogP contribution in [0.25, 0.3) is 12.2 Å². The molecule has 2 atom stereocenters. The van der Waals surface area contributed by atoms with Gasteiger partial charge in [-0.05, 0) is 47.5 Å². The normalized spacial score (nSPS) is 12.4. The summed E-state index contributed by atoms with van der Waals surface area (Å²) in [5, 5.41) is 2.48. The number of benzene rings is 4. The number of hydrogen-bond donors (Lipinski definition) is 4. The number of hydrogen-bond acceptors (Lipinski definition) is 14. The van der Waals surface area contributed by atoms with Gasteiger partial charge in [0.1, 0.15) is 56.5 Å². The Morgan fingerprint density at radius 2 is 0.847 bits per heavy atom. The van der Waals surface area contributed by atoms with Crippen LogP contribution in [-0.2, 0) is 19.4 Å². The molecule has 0 aromatic heterocycles. The first-order valence-electron chi connectivity index (χ1n) is 17.9. The monoisotopic (exact) mass is 834 g/mol. The van der Waals surface area contributed by atoms with Crippen LogP contribution in [0.5, 0.6) is 46.0 Å². The van der Waals surface area contributed by atoms with Gasteiger partial charge in [0.25, 0.3) is 0 Å². The lowest BCUT2D eigenvalue weighted by Crippen LogP contribution is -2.23. The molecule has 0 saturated heterocycles. The van der Waals surface area contributed by atoms with E-state index in [-0.39, 0.29) is 47.1 Å². The Balaban J connectivity index is 2.10. The zero-order valence-electron chi connectivity index (χ0n) is 34.1. The summed E-state index contributed by atoms with van der Waals surface area (Å²) in [5.74, 6) is 1.71. The molecule has 0 saturated carbocycles. The molecular formula is C42H50N4O12S. The number of methoxy groups -OCH3 is 8. The van der Waals surface area contributed by atoms with Crippen LogP contribution in [0.4, 0.5) is 11.4 Å². The highest BCUT2D eigenvalue weighted by molar-refractivity contribution is 7.92. The Hall–Kier alpha value is -6.43. The molecule has 0 bridgehead atoms. The van der Waals surface area contributed by atoms with E-state index >= 15 is 8.42 Å². The average Bonchev–Trinajstić information content (AvgIpc) is 3.25. The van der Waals surface area contributed by atoms with Gasteiger partial charge in [0, 0.05) is 24.3 Å². The third-order valence-corrected chi connectivity index (χ3v) is 11.4. The van der Waals surface area contributed by atoms with Gasteiger partial charge in [-0.1, -0.05) is 24.3 Å². The molecule has 0 spiro atoms. The highest BCUT2D eigenvalue weighted by Gasteiger charge is 2.35. The molecule has 0 aliphatic heterocycles. The van der Waals surface area contributed by atoms with E-state index < -0.39 is 32.2 Å². The van der Waals surface area contributed by atoms with Crippen LogP contribution in [0.3, 0.4) is 0 Å². The topological polar surface area (TPSA) is 218 Å². The van der Waals surface area contributed by atoms with Crippen molar-refractivity contribution in [3.63, 3.8) is 0 Å². The van der Waals surface area contributed by atoms with Crippen molar-refractivity contribution >= 4 is 45.2 Å². The molecule has 6 N–H and O–H groups in total. The van der Waals surface area contributed by atoms with Gasteiger partial charge in [0.05, 0.1) is 92.5 Å². The zero-order chi connectivity index (χ0) is 43.3. The molecule has 4 aromatic carbocycles. The minimum absolute atomic E-state index is 0.185. The smallest absolute Gasteiger partial charge is 0.238 e. The molecule has 0 aliphatic carbocycles. The predicted octanol–water partition coefficient (Wildman–Crippen LogP) is 5.17. The first-order chi connectivity index (χ1) is 28.4. The third kappa shape index (κ3) is 10.6. The average molecular weight is 835 g/mol. The molecule has 0 aliphatic rings. The van der Waals surface area contributed by atoms with Crippen molar-refractivity contribution in [1.82, 2.24) is 0 Å². The largest absolute Gasteiger partial charge is 0.496 e. The van der Waals surface area contributed by atoms with Gasteiger partial charge in [0.2, 0.25) is 11.8 Å². The second-order valence-electron chi connectivity index (χ2n) is 12.5. The molecule has 2 unspecified atom stereocenters. The number of ether oxygens (including phenoxy) is 8. The number of nitrogens with two attached hydrogens (primary N) is 2. The van der Waals surface area contributed by atoms with Crippen LogP contribution in [0.2, 0.25) is 0 Å². The van der Waals surface area contributed by atoms with E-state index in [0.29, 0.717) is 45.6 Å². The number of amides is 2. The van der Waals surface area contributed by atoms with E-state index in [9.17, 15) is 9.59 Å². The Bertz CT molecular complexity index is 2090. The standard InChI is InChI=1S/C42H50N4O12S/c1-51-27-19-35(55-5)29(36(20-27)56-6)11-15-39(25-9-13-33(53-3)31(17-25)45-41(47)23-43)59(49,50)40(26-10-14-34(54-4)32(18-26)46-42(48)24-44)16-12-30-37(57-7)21-28(52-2)22-38(30)58-8/h9-22,39-40H,23-24,43-44H2,1-8H3,(H,45,47)(H,46,48). The number of carbonyl (C=O) groups excluding carboxylic acids is 2.